The molecule has 0 atom stereocenters. The molecule has 0 saturated heterocycles. The van der Waals surface area contributed by atoms with Crippen molar-refractivity contribution in [3.8, 4) is 0 Å². The number of anilines is 1. The fourth-order valence-electron chi connectivity index (χ4n) is 2.19. The van der Waals surface area contributed by atoms with Gasteiger partial charge in [-0.15, -0.1) is 0 Å². The van der Waals surface area contributed by atoms with Gasteiger partial charge in [0.2, 0.25) is 5.91 Å². The molecule has 3 aromatic rings. The number of aromatic nitrogens is 1. The van der Waals surface area contributed by atoms with Gasteiger partial charge in [-0.25, -0.2) is 0 Å². The van der Waals surface area contributed by atoms with Crippen LogP contribution >= 0.6 is 15.9 Å². The third-order valence-corrected chi connectivity index (χ3v) is 3.73. The maximum atomic E-state index is 12.2. The highest BCUT2D eigenvalue weighted by Gasteiger charge is 2.07. The number of fused-ring (bicyclic) bond motifs is 1. The lowest BCUT2D eigenvalue weighted by Crippen LogP contribution is -2.14. The smallest absolute Gasteiger partial charge is 0.228 e. The van der Waals surface area contributed by atoms with Gasteiger partial charge in [-0.05, 0) is 42.0 Å². The van der Waals surface area contributed by atoms with Gasteiger partial charge < -0.3 is 5.32 Å². The van der Waals surface area contributed by atoms with Crippen molar-refractivity contribution in [2.45, 2.75) is 6.42 Å². The van der Waals surface area contributed by atoms with Crippen molar-refractivity contribution in [1.82, 2.24) is 4.98 Å². The number of carbonyl (C=O) groups excluding carboxylic acids is 1. The molecule has 0 bridgehead atoms. The van der Waals surface area contributed by atoms with Crippen molar-refractivity contribution in [2.24, 2.45) is 0 Å². The minimum Gasteiger partial charge on any atom is -0.325 e. The Kier molecular flexibility index (Phi) is 3.97. The van der Waals surface area contributed by atoms with E-state index in [0.717, 1.165) is 26.6 Å². The van der Waals surface area contributed by atoms with Gasteiger partial charge in [0.25, 0.3) is 0 Å². The van der Waals surface area contributed by atoms with Crippen molar-refractivity contribution in [2.75, 3.05) is 5.32 Å². The third kappa shape index (κ3) is 3.28. The van der Waals surface area contributed by atoms with Crippen LogP contribution in [-0.4, -0.2) is 10.9 Å². The van der Waals surface area contributed by atoms with Crippen LogP contribution in [0.25, 0.3) is 10.9 Å². The average molecular weight is 341 g/mol. The fourth-order valence-corrected chi connectivity index (χ4v) is 2.46. The lowest BCUT2D eigenvalue weighted by atomic mass is 10.1. The first-order valence-corrected chi connectivity index (χ1v) is 7.40. The zero-order valence-electron chi connectivity index (χ0n) is 11.2. The normalized spacial score (nSPS) is 10.5. The molecule has 0 aliphatic rings. The molecule has 0 radical (unpaired) electrons. The number of nitrogens with one attached hydrogen (secondary N) is 1. The van der Waals surface area contributed by atoms with E-state index in [4.69, 9.17) is 0 Å². The van der Waals surface area contributed by atoms with E-state index in [2.05, 4.69) is 26.2 Å². The second kappa shape index (κ2) is 6.06. The first-order valence-electron chi connectivity index (χ1n) is 6.60. The summed E-state index contributed by atoms with van der Waals surface area (Å²) in [6, 6.07) is 17.3. The van der Waals surface area contributed by atoms with E-state index in [9.17, 15) is 4.79 Å². The summed E-state index contributed by atoms with van der Waals surface area (Å²) >= 11 is 3.39. The Balaban J connectivity index is 1.79. The largest absolute Gasteiger partial charge is 0.325 e. The van der Waals surface area contributed by atoms with Crippen LogP contribution in [0, 0.1) is 0 Å². The molecule has 104 valence electrons. The molecule has 3 nitrogen and oxygen atoms in total. The molecule has 4 heteroatoms. The summed E-state index contributed by atoms with van der Waals surface area (Å²) < 4.78 is 1.01. The van der Waals surface area contributed by atoms with E-state index in [-0.39, 0.29) is 5.91 Å². The molecule has 2 aromatic carbocycles. The molecular weight excluding hydrogens is 328 g/mol. The number of amides is 1. The summed E-state index contributed by atoms with van der Waals surface area (Å²) in [5, 5.41) is 3.91. The third-order valence-electron chi connectivity index (χ3n) is 3.20. The number of hydrogen-bond acceptors (Lipinski definition) is 2. The predicted octanol–water partition coefficient (Wildman–Crippen LogP) is 4.18. The maximum absolute atomic E-state index is 12.2. The van der Waals surface area contributed by atoms with Crippen molar-refractivity contribution in [1.29, 1.82) is 0 Å². The van der Waals surface area contributed by atoms with E-state index < -0.39 is 0 Å². The van der Waals surface area contributed by atoms with Gasteiger partial charge in [-0.3, -0.25) is 9.78 Å². The van der Waals surface area contributed by atoms with Gasteiger partial charge in [0.1, 0.15) is 0 Å². The summed E-state index contributed by atoms with van der Waals surface area (Å²) in [5.74, 6) is -0.0336. The lowest BCUT2D eigenvalue weighted by molar-refractivity contribution is -0.115. The van der Waals surface area contributed by atoms with Crippen molar-refractivity contribution in [3.63, 3.8) is 0 Å². The minimum atomic E-state index is -0.0336. The highest BCUT2D eigenvalue weighted by Crippen LogP contribution is 2.21. The van der Waals surface area contributed by atoms with Gasteiger partial charge in [-0.1, -0.05) is 34.1 Å². The Morgan fingerprint density at radius 1 is 1.05 bits per heavy atom. The lowest BCUT2D eigenvalue weighted by Gasteiger charge is -2.08. The Morgan fingerprint density at radius 3 is 2.67 bits per heavy atom. The summed E-state index contributed by atoms with van der Waals surface area (Å²) in [7, 11) is 0. The highest BCUT2D eigenvalue weighted by atomic mass is 79.9. The van der Waals surface area contributed by atoms with E-state index in [0.29, 0.717) is 6.42 Å². The zero-order chi connectivity index (χ0) is 14.7. The predicted molar refractivity (Wildman–Crippen MR) is 88.2 cm³/mol. The minimum absolute atomic E-state index is 0.0336. The van der Waals surface area contributed by atoms with Crippen LogP contribution in [0.5, 0.6) is 0 Å². The van der Waals surface area contributed by atoms with E-state index in [1.165, 1.54) is 0 Å². The molecule has 0 fully saturated rings. The molecule has 0 aliphatic carbocycles. The van der Waals surface area contributed by atoms with Crippen LogP contribution in [0.4, 0.5) is 5.69 Å². The average Bonchev–Trinajstić information content (AvgIpc) is 2.50. The molecule has 0 spiro atoms. The first kappa shape index (κ1) is 13.8. The Hall–Kier alpha value is -2.20. The fraction of sp³-hybridized carbons (Fsp3) is 0.0588. The maximum Gasteiger partial charge on any atom is 0.228 e. The Labute approximate surface area is 131 Å². The highest BCUT2D eigenvalue weighted by molar-refractivity contribution is 9.10. The molecule has 3 rings (SSSR count). The molecule has 0 saturated carbocycles. The number of hydrogen-bond donors (Lipinski definition) is 1. The van der Waals surface area contributed by atoms with Crippen LogP contribution in [0.3, 0.4) is 0 Å². The monoisotopic (exact) mass is 340 g/mol. The number of nitrogens with zero attached hydrogens (tertiary/aromatic N) is 1. The summed E-state index contributed by atoms with van der Waals surface area (Å²) in [6.07, 6.45) is 2.10. The summed E-state index contributed by atoms with van der Waals surface area (Å²) in [6.45, 7) is 0. The molecule has 1 aromatic heterocycles. The SMILES string of the molecule is O=C(Cc1ccc(Br)cc1)Nc1cccc2ncccc12. The molecule has 1 heterocycles. The number of benzene rings is 2. The second-order valence-electron chi connectivity index (χ2n) is 4.73. The topological polar surface area (TPSA) is 42.0 Å². The van der Waals surface area contributed by atoms with E-state index in [1.54, 1.807) is 6.20 Å². The number of carbonyl (C=O) groups is 1. The van der Waals surface area contributed by atoms with Crippen LogP contribution in [0.1, 0.15) is 5.56 Å². The second-order valence-corrected chi connectivity index (χ2v) is 5.64. The van der Waals surface area contributed by atoms with Crippen LogP contribution in [0.15, 0.2) is 65.3 Å². The standard InChI is InChI=1S/C17H13BrN2O/c18-13-8-6-12(7-9-13)11-17(21)20-16-5-1-4-15-14(16)3-2-10-19-15/h1-10H,11H2,(H,20,21). The number of halogens is 1. The van der Waals surface area contributed by atoms with Crippen LogP contribution in [-0.2, 0) is 11.2 Å². The van der Waals surface area contributed by atoms with Crippen LogP contribution in [0.2, 0.25) is 0 Å². The number of pyridine rings is 1. The van der Waals surface area contributed by atoms with Gasteiger partial charge in [0, 0.05) is 16.1 Å². The molecule has 0 unspecified atom stereocenters. The molecule has 1 N–H and O–H groups in total. The quantitative estimate of drug-likeness (QED) is 0.777. The van der Waals surface area contributed by atoms with Crippen molar-refractivity contribution >= 4 is 38.4 Å². The van der Waals surface area contributed by atoms with Crippen molar-refractivity contribution in [3.05, 3.63) is 70.8 Å². The molecular formula is C17H13BrN2O. The molecule has 1 amide bonds. The Bertz CT molecular complexity index is 779. The van der Waals surface area contributed by atoms with Crippen molar-refractivity contribution < 1.29 is 4.79 Å². The van der Waals surface area contributed by atoms with E-state index in [1.807, 2.05) is 54.6 Å². The van der Waals surface area contributed by atoms with E-state index >= 15 is 0 Å². The van der Waals surface area contributed by atoms with Gasteiger partial charge >= 0.3 is 0 Å². The first-order chi connectivity index (χ1) is 10.2. The van der Waals surface area contributed by atoms with Crippen LogP contribution < -0.4 is 5.32 Å². The zero-order valence-corrected chi connectivity index (χ0v) is 12.8. The number of rotatable bonds is 3. The Morgan fingerprint density at radius 2 is 1.86 bits per heavy atom. The summed E-state index contributed by atoms with van der Waals surface area (Å²) in [5.41, 5.74) is 2.65. The summed E-state index contributed by atoms with van der Waals surface area (Å²) in [4.78, 5) is 16.5. The molecule has 21 heavy (non-hydrogen) atoms. The van der Waals surface area contributed by atoms with Gasteiger partial charge in [-0.2, -0.15) is 0 Å². The van der Waals surface area contributed by atoms with Gasteiger partial charge in [0.15, 0.2) is 0 Å². The molecule has 0 aliphatic heterocycles. The van der Waals surface area contributed by atoms with Gasteiger partial charge in [0.05, 0.1) is 17.6 Å².